The molecule has 0 atom stereocenters. The molecule has 0 saturated heterocycles. The van der Waals surface area contributed by atoms with E-state index in [0.717, 1.165) is 23.3 Å². The fourth-order valence-corrected chi connectivity index (χ4v) is 4.05. The van der Waals surface area contributed by atoms with Gasteiger partial charge >= 0.3 is 0 Å². The van der Waals surface area contributed by atoms with Crippen molar-refractivity contribution in [2.75, 3.05) is 29.9 Å². The highest BCUT2D eigenvalue weighted by Crippen LogP contribution is 2.22. The number of anilines is 1. The lowest BCUT2D eigenvalue weighted by Crippen LogP contribution is -2.28. The zero-order valence-electron chi connectivity index (χ0n) is 16.2. The summed E-state index contributed by atoms with van der Waals surface area (Å²) in [5.74, 6) is 1.52. The van der Waals surface area contributed by atoms with Crippen molar-refractivity contribution < 1.29 is 13.2 Å². The molecule has 0 radical (unpaired) electrons. The minimum absolute atomic E-state index is 0.199. The van der Waals surface area contributed by atoms with Gasteiger partial charge in [0.05, 0.1) is 11.9 Å². The van der Waals surface area contributed by atoms with Gasteiger partial charge in [-0.1, -0.05) is 30.3 Å². The Morgan fingerprint density at radius 3 is 2.48 bits per heavy atom. The molecular weight excluding hydrogens is 380 g/mol. The summed E-state index contributed by atoms with van der Waals surface area (Å²) in [5.41, 5.74) is 4.35. The van der Waals surface area contributed by atoms with Gasteiger partial charge < -0.3 is 5.32 Å². The first kappa shape index (κ1) is 21.3. The minimum Gasteiger partial charge on any atom is -0.351 e. The molecule has 0 aromatic heterocycles. The molecule has 1 N–H and O–H groups in total. The van der Waals surface area contributed by atoms with Gasteiger partial charge in [0.15, 0.2) is 0 Å². The number of amides is 1. The van der Waals surface area contributed by atoms with Crippen LogP contribution in [-0.2, 0) is 15.8 Å². The molecule has 2 rings (SSSR count). The van der Waals surface area contributed by atoms with Gasteiger partial charge in [-0.2, -0.15) is 11.8 Å². The van der Waals surface area contributed by atoms with Gasteiger partial charge in [-0.25, -0.2) is 8.42 Å². The topological polar surface area (TPSA) is 66.5 Å². The average Bonchev–Trinajstić information content (AvgIpc) is 2.61. The van der Waals surface area contributed by atoms with Crippen LogP contribution in [0.2, 0.25) is 0 Å². The second kappa shape index (κ2) is 9.28. The Kier molecular flexibility index (Phi) is 7.33. The van der Waals surface area contributed by atoms with Crippen molar-refractivity contribution in [1.82, 2.24) is 5.32 Å². The van der Waals surface area contributed by atoms with Crippen molar-refractivity contribution in [3.8, 4) is 0 Å². The first-order valence-electron chi connectivity index (χ1n) is 8.65. The van der Waals surface area contributed by atoms with Crippen LogP contribution in [0.25, 0.3) is 0 Å². The highest BCUT2D eigenvalue weighted by atomic mass is 32.2. The zero-order chi connectivity index (χ0) is 20.0. The summed E-state index contributed by atoms with van der Waals surface area (Å²) < 4.78 is 24.7. The van der Waals surface area contributed by atoms with E-state index in [-0.39, 0.29) is 5.91 Å². The molecule has 0 aliphatic carbocycles. The van der Waals surface area contributed by atoms with E-state index in [9.17, 15) is 13.2 Å². The molecular formula is C20H26N2O3S2. The van der Waals surface area contributed by atoms with Crippen molar-refractivity contribution in [2.24, 2.45) is 0 Å². The predicted octanol–water partition coefficient (Wildman–Crippen LogP) is 3.36. The van der Waals surface area contributed by atoms with Crippen molar-refractivity contribution in [2.45, 2.75) is 19.6 Å². The Bertz CT molecular complexity index is 911. The third kappa shape index (κ3) is 6.01. The Hall–Kier alpha value is -1.99. The molecule has 5 nitrogen and oxygen atoms in total. The lowest BCUT2D eigenvalue weighted by molar-refractivity contribution is 0.0956. The molecule has 0 bridgehead atoms. The summed E-state index contributed by atoms with van der Waals surface area (Å²) in [5, 5.41) is 2.90. The van der Waals surface area contributed by atoms with Crippen LogP contribution < -0.4 is 9.62 Å². The number of rotatable bonds is 8. The van der Waals surface area contributed by atoms with Crippen LogP contribution in [0, 0.1) is 13.8 Å². The van der Waals surface area contributed by atoms with E-state index in [1.807, 2.05) is 19.1 Å². The quantitative estimate of drug-likeness (QED) is 0.683. The highest BCUT2D eigenvalue weighted by molar-refractivity contribution is 7.98. The number of nitrogens with zero attached hydrogens (tertiary/aromatic N) is 1. The first-order valence-corrected chi connectivity index (χ1v) is 11.7. The van der Waals surface area contributed by atoms with E-state index in [1.165, 1.54) is 22.5 Å². The summed E-state index contributed by atoms with van der Waals surface area (Å²) >= 11 is 1.77. The molecule has 0 fully saturated rings. The summed E-state index contributed by atoms with van der Waals surface area (Å²) in [6, 6.07) is 13.4. The van der Waals surface area contributed by atoms with Crippen LogP contribution >= 0.6 is 11.8 Å². The average molecular weight is 407 g/mol. The Morgan fingerprint density at radius 2 is 1.81 bits per heavy atom. The summed E-state index contributed by atoms with van der Waals surface area (Å²) in [6.45, 7) is 4.47. The van der Waals surface area contributed by atoms with Gasteiger partial charge in [0.1, 0.15) is 0 Å². The van der Waals surface area contributed by atoms with Crippen molar-refractivity contribution in [3.63, 3.8) is 0 Å². The Morgan fingerprint density at radius 1 is 1.11 bits per heavy atom. The van der Waals surface area contributed by atoms with Gasteiger partial charge in [0, 0.05) is 30.7 Å². The first-order chi connectivity index (χ1) is 12.7. The third-order valence-corrected chi connectivity index (χ3v) is 6.56. The van der Waals surface area contributed by atoms with Gasteiger partial charge in [0.25, 0.3) is 5.91 Å². The minimum atomic E-state index is -3.38. The molecule has 2 aromatic rings. The number of thioether (sulfide) groups is 1. The fourth-order valence-electron chi connectivity index (χ4n) is 2.56. The monoisotopic (exact) mass is 406 g/mol. The molecule has 0 aliphatic rings. The van der Waals surface area contributed by atoms with Gasteiger partial charge in [-0.05, 0) is 42.7 Å². The standard InChI is InChI=1S/C20H26N2O3S2/c1-15-7-5-6-8-18(15)14-26-12-11-21-20(23)17-10-9-16(2)19(13-17)22(3)27(4,24)25/h5-10,13H,11-12,14H2,1-4H3,(H,21,23). The molecule has 0 aliphatic heterocycles. The van der Waals surface area contributed by atoms with Crippen LogP contribution in [0.5, 0.6) is 0 Å². The third-order valence-electron chi connectivity index (χ3n) is 4.36. The second-order valence-corrected chi connectivity index (χ2v) is 9.59. The molecule has 2 aromatic carbocycles. The summed E-state index contributed by atoms with van der Waals surface area (Å²) in [6.07, 6.45) is 1.14. The molecule has 146 valence electrons. The number of benzene rings is 2. The number of hydrogen-bond acceptors (Lipinski definition) is 4. The molecule has 7 heteroatoms. The maximum absolute atomic E-state index is 12.4. The lowest BCUT2D eigenvalue weighted by atomic mass is 10.1. The highest BCUT2D eigenvalue weighted by Gasteiger charge is 2.16. The van der Waals surface area contributed by atoms with Gasteiger partial charge in [-0.3, -0.25) is 9.10 Å². The van der Waals surface area contributed by atoms with E-state index in [1.54, 1.807) is 30.0 Å². The molecule has 0 spiro atoms. The van der Waals surface area contributed by atoms with Crippen molar-refractivity contribution >= 4 is 33.4 Å². The molecule has 27 heavy (non-hydrogen) atoms. The van der Waals surface area contributed by atoms with E-state index >= 15 is 0 Å². The summed E-state index contributed by atoms with van der Waals surface area (Å²) in [7, 11) is -1.89. The zero-order valence-corrected chi connectivity index (χ0v) is 17.8. The van der Waals surface area contributed by atoms with Crippen molar-refractivity contribution in [3.05, 3.63) is 64.7 Å². The molecule has 0 unspecified atom stereocenters. The van der Waals surface area contributed by atoms with E-state index < -0.39 is 10.0 Å². The van der Waals surface area contributed by atoms with E-state index in [2.05, 4.69) is 24.4 Å². The van der Waals surface area contributed by atoms with Crippen LogP contribution in [0.4, 0.5) is 5.69 Å². The number of carbonyl (C=O) groups excluding carboxylic acids is 1. The Labute approximate surface area is 166 Å². The number of carbonyl (C=O) groups is 1. The summed E-state index contributed by atoms with van der Waals surface area (Å²) in [4.78, 5) is 12.4. The number of hydrogen-bond donors (Lipinski definition) is 1. The van der Waals surface area contributed by atoms with E-state index in [0.29, 0.717) is 17.8 Å². The van der Waals surface area contributed by atoms with Gasteiger partial charge in [-0.15, -0.1) is 0 Å². The predicted molar refractivity (Wildman–Crippen MR) is 114 cm³/mol. The number of nitrogens with one attached hydrogen (secondary N) is 1. The second-order valence-electron chi connectivity index (χ2n) is 6.47. The molecule has 0 saturated carbocycles. The van der Waals surface area contributed by atoms with E-state index in [4.69, 9.17) is 0 Å². The number of sulfonamides is 1. The van der Waals surface area contributed by atoms with Crippen molar-refractivity contribution in [1.29, 1.82) is 0 Å². The van der Waals surface area contributed by atoms with Crippen LogP contribution in [0.15, 0.2) is 42.5 Å². The smallest absolute Gasteiger partial charge is 0.251 e. The Balaban J connectivity index is 1.90. The largest absolute Gasteiger partial charge is 0.351 e. The van der Waals surface area contributed by atoms with Crippen LogP contribution in [0.3, 0.4) is 0 Å². The normalized spacial score (nSPS) is 11.3. The number of aryl methyl sites for hydroxylation is 2. The van der Waals surface area contributed by atoms with Crippen LogP contribution in [-0.4, -0.2) is 39.9 Å². The lowest BCUT2D eigenvalue weighted by Gasteiger charge is -2.19. The van der Waals surface area contributed by atoms with Crippen LogP contribution in [0.1, 0.15) is 27.0 Å². The fraction of sp³-hybridized carbons (Fsp3) is 0.350. The maximum Gasteiger partial charge on any atom is 0.251 e. The molecule has 1 amide bonds. The van der Waals surface area contributed by atoms with Gasteiger partial charge in [0.2, 0.25) is 10.0 Å². The SMILES string of the molecule is Cc1ccccc1CSCCNC(=O)c1ccc(C)c(N(C)S(C)(=O)=O)c1. The molecule has 0 heterocycles. The maximum atomic E-state index is 12.4.